The first-order chi connectivity index (χ1) is 14.5. The molecule has 30 heavy (non-hydrogen) atoms. The molecular weight excluding hydrogens is 378 g/mol. The standard InChI is InChI=1S/C25H33NO4/c1-6-7-13-28-24-15-20(3)25(21(4)16-24)30-18-19(2)12-14-29-23-10-8-22(9-11-23)17-26-27-5/h6-11,15-17,19H,12-14,18H2,1-5H3/b7-6+,26-17-. The van der Waals surface area contributed by atoms with Gasteiger partial charge in [-0.3, -0.25) is 0 Å². The van der Waals surface area contributed by atoms with Crippen LogP contribution in [-0.2, 0) is 4.84 Å². The van der Waals surface area contributed by atoms with Gasteiger partial charge in [0, 0.05) is 0 Å². The smallest absolute Gasteiger partial charge is 0.125 e. The summed E-state index contributed by atoms with van der Waals surface area (Å²) in [5, 5.41) is 3.75. The van der Waals surface area contributed by atoms with Crippen LogP contribution >= 0.6 is 0 Å². The number of benzene rings is 2. The van der Waals surface area contributed by atoms with Crippen molar-refractivity contribution in [3.05, 3.63) is 65.2 Å². The summed E-state index contributed by atoms with van der Waals surface area (Å²) in [6.45, 7) is 10.1. The lowest BCUT2D eigenvalue weighted by atomic mass is 10.1. The molecule has 5 nitrogen and oxygen atoms in total. The van der Waals surface area contributed by atoms with Crippen molar-refractivity contribution in [3.8, 4) is 17.2 Å². The lowest BCUT2D eigenvalue weighted by Crippen LogP contribution is -2.13. The van der Waals surface area contributed by atoms with E-state index >= 15 is 0 Å². The average Bonchev–Trinajstić information content (AvgIpc) is 2.73. The average molecular weight is 412 g/mol. The van der Waals surface area contributed by atoms with E-state index in [1.54, 1.807) is 6.21 Å². The highest BCUT2D eigenvalue weighted by Crippen LogP contribution is 2.29. The van der Waals surface area contributed by atoms with Gasteiger partial charge in [-0.05, 0) is 86.2 Å². The van der Waals surface area contributed by atoms with Crippen LogP contribution in [-0.4, -0.2) is 33.1 Å². The second kappa shape index (κ2) is 12.6. The lowest BCUT2D eigenvalue weighted by molar-refractivity contribution is 0.215. The third-order valence-electron chi connectivity index (χ3n) is 4.59. The van der Waals surface area contributed by atoms with E-state index in [0.717, 1.165) is 40.4 Å². The summed E-state index contributed by atoms with van der Waals surface area (Å²) in [5.74, 6) is 3.03. The van der Waals surface area contributed by atoms with Crippen LogP contribution in [0.5, 0.6) is 17.2 Å². The predicted octanol–water partition coefficient (Wildman–Crippen LogP) is 5.72. The van der Waals surface area contributed by atoms with Crippen LogP contribution in [0.25, 0.3) is 0 Å². The summed E-state index contributed by atoms with van der Waals surface area (Å²) in [6, 6.07) is 11.8. The summed E-state index contributed by atoms with van der Waals surface area (Å²) in [4.78, 5) is 4.68. The van der Waals surface area contributed by atoms with Gasteiger partial charge >= 0.3 is 0 Å². The van der Waals surface area contributed by atoms with Gasteiger partial charge in [0.2, 0.25) is 0 Å². The minimum atomic E-state index is 0.377. The van der Waals surface area contributed by atoms with E-state index < -0.39 is 0 Å². The molecule has 0 saturated carbocycles. The number of ether oxygens (including phenoxy) is 3. The van der Waals surface area contributed by atoms with Gasteiger partial charge in [0.1, 0.15) is 31.0 Å². The highest BCUT2D eigenvalue weighted by atomic mass is 16.6. The van der Waals surface area contributed by atoms with Crippen LogP contribution < -0.4 is 14.2 Å². The number of hydrogen-bond donors (Lipinski definition) is 0. The highest BCUT2D eigenvalue weighted by Gasteiger charge is 2.10. The van der Waals surface area contributed by atoms with Crippen molar-refractivity contribution >= 4 is 6.21 Å². The van der Waals surface area contributed by atoms with E-state index in [0.29, 0.717) is 25.7 Å². The molecule has 0 amide bonds. The molecule has 0 aliphatic rings. The Bertz CT molecular complexity index is 805. The number of allylic oxidation sites excluding steroid dienone is 1. The zero-order valence-electron chi connectivity index (χ0n) is 18.7. The van der Waals surface area contributed by atoms with Gasteiger partial charge in [-0.1, -0.05) is 24.2 Å². The first-order valence-electron chi connectivity index (χ1n) is 10.3. The topological polar surface area (TPSA) is 49.3 Å². The van der Waals surface area contributed by atoms with Gasteiger partial charge in [-0.15, -0.1) is 0 Å². The maximum absolute atomic E-state index is 6.11. The van der Waals surface area contributed by atoms with E-state index in [9.17, 15) is 0 Å². The Labute approximate surface area is 180 Å². The van der Waals surface area contributed by atoms with Crippen LogP contribution in [0.2, 0.25) is 0 Å². The molecule has 0 radical (unpaired) electrons. The largest absolute Gasteiger partial charge is 0.494 e. The van der Waals surface area contributed by atoms with Crippen molar-refractivity contribution in [2.45, 2.75) is 34.1 Å². The molecule has 0 aromatic heterocycles. The molecule has 0 bridgehead atoms. The Morgan fingerprint density at radius 1 is 0.967 bits per heavy atom. The second-order valence-electron chi connectivity index (χ2n) is 7.31. The third kappa shape index (κ3) is 7.82. The zero-order chi connectivity index (χ0) is 21.8. The Hall–Kier alpha value is -2.95. The molecule has 0 aliphatic carbocycles. The van der Waals surface area contributed by atoms with E-state index in [-0.39, 0.29) is 0 Å². The Morgan fingerprint density at radius 2 is 1.67 bits per heavy atom. The fraction of sp³-hybridized carbons (Fsp3) is 0.400. The van der Waals surface area contributed by atoms with Crippen LogP contribution in [0, 0.1) is 19.8 Å². The molecule has 0 spiro atoms. The number of nitrogens with zero attached hydrogens (tertiary/aromatic N) is 1. The fourth-order valence-electron chi connectivity index (χ4n) is 2.91. The van der Waals surface area contributed by atoms with E-state index in [2.05, 4.69) is 30.8 Å². The maximum Gasteiger partial charge on any atom is 0.125 e. The Balaban J connectivity index is 1.77. The van der Waals surface area contributed by atoms with E-state index in [1.165, 1.54) is 7.11 Å². The SMILES string of the molecule is C/C=C/COc1cc(C)c(OCC(C)CCOc2ccc(/C=N\OC)cc2)c(C)c1. The monoisotopic (exact) mass is 411 g/mol. The molecule has 2 aromatic rings. The van der Waals surface area contributed by atoms with Gasteiger partial charge in [0.15, 0.2) is 0 Å². The molecule has 1 atom stereocenters. The van der Waals surface area contributed by atoms with Crippen molar-refractivity contribution in [2.24, 2.45) is 11.1 Å². The molecule has 5 heteroatoms. The summed E-state index contributed by atoms with van der Waals surface area (Å²) in [7, 11) is 1.53. The summed E-state index contributed by atoms with van der Waals surface area (Å²) in [6.07, 6.45) is 6.54. The van der Waals surface area contributed by atoms with E-state index in [1.807, 2.05) is 55.5 Å². The summed E-state index contributed by atoms with van der Waals surface area (Å²) in [5.41, 5.74) is 3.15. The lowest BCUT2D eigenvalue weighted by Gasteiger charge is -2.17. The third-order valence-corrected chi connectivity index (χ3v) is 4.59. The van der Waals surface area contributed by atoms with Crippen molar-refractivity contribution in [1.29, 1.82) is 0 Å². The Kier molecular flexibility index (Phi) is 9.78. The minimum Gasteiger partial charge on any atom is -0.494 e. The molecule has 1 unspecified atom stereocenters. The van der Waals surface area contributed by atoms with Gasteiger partial charge < -0.3 is 19.0 Å². The maximum atomic E-state index is 6.11. The molecule has 162 valence electrons. The minimum absolute atomic E-state index is 0.377. The molecule has 2 aromatic carbocycles. The van der Waals surface area contributed by atoms with Crippen molar-refractivity contribution in [1.82, 2.24) is 0 Å². The highest BCUT2D eigenvalue weighted by molar-refractivity contribution is 5.79. The fourth-order valence-corrected chi connectivity index (χ4v) is 2.91. The first-order valence-corrected chi connectivity index (χ1v) is 10.3. The van der Waals surface area contributed by atoms with Crippen LogP contribution in [0.15, 0.2) is 53.7 Å². The van der Waals surface area contributed by atoms with Crippen LogP contribution in [0.1, 0.15) is 37.0 Å². The van der Waals surface area contributed by atoms with Crippen LogP contribution in [0.4, 0.5) is 0 Å². The van der Waals surface area contributed by atoms with Gasteiger partial charge in [0.05, 0.1) is 19.4 Å². The molecule has 0 fully saturated rings. The molecule has 0 aliphatic heterocycles. The van der Waals surface area contributed by atoms with Gasteiger partial charge in [-0.2, -0.15) is 0 Å². The number of hydrogen-bond acceptors (Lipinski definition) is 5. The van der Waals surface area contributed by atoms with E-state index in [4.69, 9.17) is 14.2 Å². The quantitative estimate of drug-likeness (QED) is 0.254. The number of oxime groups is 1. The molecular formula is C25H33NO4. The molecule has 0 N–H and O–H groups in total. The zero-order valence-corrected chi connectivity index (χ0v) is 18.7. The van der Waals surface area contributed by atoms with Crippen LogP contribution in [0.3, 0.4) is 0 Å². The Morgan fingerprint density at radius 3 is 2.30 bits per heavy atom. The number of rotatable bonds is 12. The van der Waals surface area contributed by atoms with Crippen molar-refractivity contribution in [2.75, 3.05) is 26.9 Å². The molecule has 0 heterocycles. The van der Waals surface area contributed by atoms with Crippen molar-refractivity contribution in [3.63, 3.8) is 0 Å². The van der Waals surface area contributed by atoms with Crippen molar-refractivity contribution < 1.29 is 19.0 Å². The molecule has 0 saturated heterocycles. The normalized spacial score (nSPS) is 12.3. The second-order valence-corrected chi connectivity index (χ2v) is 7.31. The summed E-state index contributed by atoms with van der Waals surface area (Å²) < 4.78 is 17.7. The molecule has 2 rings (SSSR count). The van der Waals surface area contributed by atoms with Gasteiger partial charge in [0.25, 0.3) is 0 Å². The first kappa shape index (κ1) is 23.3. The number of aryl methyl sites for hydroxylation is 2. The summed E-state index contributed by atoms with van der Waals surface area (Å²) >= 11 is 0. The van der Waals surface area contributed by atoms with Gasteiger partial charge in [-0.25, -0.2) is 0 Å². The predicted molar refractivity (Wildman–Crippen MR) is 122 cm³/mol.